The first-order chi connectivity index (χ1) is 10.2. The molecule has 0 saturated carbocycles. The molecule has 1 aromatic heterocycles. The van der Waals surface area contributed by atoms with Crippen molar-refractivity contribution in [2.24, 2.45) is 0 Å². The van der Waals surface area contributed by atoms with Crippen molar-refractivity contribution in [1.29, 1.82) is 0 Å². The number of fused-ring (bicyclic) bond motifs is 1. The minimum absolute atomic E-state index is 0.0700. The zero-order valence-corrected chi connectivity index (χ0v) is 12.3. The minimum atomic E-state index is -0.497. The number of ether oxygens (including phenoxy) is 1. The van der Waals surface area contributed by atoms with E-state index in [0.717, 1.165) is 26.4 Å². The van der Waals surface area contributed by atoms with E-state index in [4.69, 9.17) is 4.74 Å². The second kappa shape index (κ2) is 5.69. The molecule has 0 saturated heterocycles. The minimum Gasteiger partial charge on any atom is -0.508 e. The third-order valence-corrected chi connectivity index (χ3v) is 4.20. The monoisotopic (exact) mass is 303 g/mol. The van der Waals surface area contributed by atoms with Crippen LogP contribution in [0.2, 0.25) is 0 Å². The van der Waals surface area contributed by atoms with Crippen molar-refractivity contribution in [3.63, 3.8) is 0 Å². The van der Waals surface area contributed by atoms with Crippen LogP contribution in [-0.4, -0.2) is 23.4 Å². The van der Waals surface area contributed by atoms with Crippen LogP contribution >= 0.6 is 11.3 Å². The molecule has 5 heteroatoms. The molecule has 0 aliphatic rings. The summed E-state index contributed by atoms with van der Waals surface area (Å²) in [5.74, 6) is 0.930. The van der Waals surface area contributed by atoms with Gasteiger partial charge in [0.2, 0.25) is 0 Å². The molecule has 0 spiro atoms. The summed E-state index contributed by atoms with van der Waals surface area (Å²) in [5.41, 5.74) is 2.80. The molecule has 0 unspecified atom stereocenters. The van der Waals surface area contributed by atoms with E-state index >= 15 is 0 Å². The van der Waals surface area contributed by atoms with Crippen molar-refractivity contribution in [3.8, 4) is 22.1 Å². The molecule has 21 heavy (non-hydrogen) atoms. The molecule has 3 aromatic rings. The summed E-state index contributed by atoms with van der Waals surface area (Å²) in [6.45, 7) is 1.50. The number of benzene rings is 2. The highest BCUT2D eigenvalue weighted by Crippen LogP contribution is 2.33. The molecule has 1 heterocycles. The second-order valence-corrected chi connectivity index (χ2v) is 5.72. The van der Waals surface area contributed by atoms with Gasteiger partial charge < -0.3 is 9.84 Å². The highest BCUT2D eigenvalue weighted by atomic mass is 32.1. The molecule has 3 nitrogen and oxygen atoms in total. The van der Waals surface area contributed by atoms with Crippen LogP contribution in [0, 0.1) is 6.92 Å². The normalized spacial score (nSPS) is 11.0. The average Bonchev–Trinajstić information content (AvgIpc) is 2.89. The second-order valence-electron chi connectivity index (χ2n) is 4.69. The van der Waals surface area contributed by atoms with Gasteiger partial charge in [-0.05, 0) is 48.9 Å². The fraction of sp³-hybridized carbons (Fsp3) is 0.188. The Morgan fingerprint density at radius 3 is 2.86 bits per heavy atom. The summed E-state index contributed by atoms with van der Waals surface area (Å²) in [5, 5.41) is 10.4. The number of hydrogen-bond acceptors (Lipinski definition) is 4. The molecule has 0 atom stereocenters. The van der Waals surface area contributed by atoms with Gasteiger partial charge >= 0.3 is 0 Å². The number of nitrogens with zero attached hydrogens (tertiary/aromatic N) is 1. The van der Waals surface area contributed by atoms with Crippen molar-refractivity contribution < 1.29 is 14.2 Å². The topological polar surface area (TPSA) is 42.4 Å². The Morgan fingerprint density at radius 2 is 2.10 bits per heavy atom. The van der Waals surface area contributed by atoms with Crippen molar-refractivity contribution in [2.75, 3.05) is 13.3 Å². The van der Waals surface area contributed by atoms with E-state index in [1.807, 2.05) is 25.1 Å². The Labute approximate surface area is 125 Å². The maximum Gasteiger partial charge on any atom is 0.124 e. The number of rotatable bonds is 4. The Bertz CT molecular complexity index is 785. The first-order valence-electron chi connectivity index (χ1n) is 6.57. The predicted octanol–water partition coefficient (Wildman–Crippen LogP) is 4.33. The van der Waals surface area contributed by atoms with Gasteiger partial charge in [0.05, 0.1) is 10.2 Å². The molecule has 0 aliphatic heterocycles. The van der Waals surface area contributed by atoms with Gasteiger partial charge in [0, 0.05) is 5.56 Å². The molecular formula is C16H14FNO2S. The van der Waals surface area contributed by atoms with Gasteiger partial charge in [-0.3, -0.25) is 0 Å². The number of aromatic nitrogens is 1. The molecule has 0 radical (unpaired) electrons. The van der Waals surface area contributed by atoms with Crippen molar-refractivity contribution in [1.82, 2.24) is 4.98 Å². The third-order valence-electron chi connectivity index (χ3n) is 3.13. The zero-order chi connectivity index (χ0) is 14.8. The standard InChI is InChI=1S/C16H14FNO2S/c1-10-8-11(2-5-14(10)20-7-6-17)16-18-13-4-3-12(19)9-15(13)21-16/h2-5,8-9,19H,6-7H2,1H3. The van der Waals surface area contributed by atoms with Crippen LogP contribution in [0.15, 0.2) is 36.4 Å². The van der Waals surface area contributed by atoms with Gasteiger partial charge in [0.1, 0.15) is 29.8 Å². The first kappa shape index (κ1) is 13.8. The Balaban J connectivity index is 1.96. The molecule has 0 aliphatic carbocycles. The number of hydrogen-bond donors (Lipinski definition) is 1. The molecule has 108 valence electrons. The van der Waals surface area contributed by atoms with Gasteiger partial charge in [-0.1, -0.05) is 0 Å². The Kier molecular flexibility index (Phi) is 3.75. The number of thiazole rings is 1. The lowest BCUT2D eigenvalue weighted by atomic mass is 10.1. The first-order valence-corrected chi connectivity index (χ1v) is 7.38. The number of aromatic hydroxyl groups is 1. The van der Waals surface area contributed by atoms with Gasteiger partial charge in [0.15, 0.2) is 0 Å². The molecule has 0 fully saturated rings. The number of phenols is 1. The number of phenolic OH excluding ortho intramolecular Hbond substituents is 1. The van der Waals surface area contributed by atoms with Gasteiger partial charge in [0.25, 0.3) is 0 Å². The summed E-state index contributed by atoms with van der Waals surface area (Å²) in [7, 11) is 0. The van der Waals surface area contributed by atoms with Crippen LogP contribution in [0.1, 0.15) is 5.56 Å². The van der Waals surface area contributed by atoms with E-state index in [-0.39, 0.29) is 12.4 Å². The smallest absolute Gasteiger partial charge is 0.124 e. The summed E-state index contributed by atoms with van der Waals surface area (Å²) in [6, 6.07) is 10.9. The van der Waals surface area contributed by atoms with Crippen LogP contribution in [0.3, 0.4) is 0 Å². The molecule has 3 rings (SSSR count). The van der Waals surface area contributed by atoms with E-state index in [0.29, 0.717) is 5.75 Å². The average molecular weight is 303 g/mol. The van der Waals surface area contributed by atoms with Crippen LogP contribution in [0.4, 0.5) is 4.39 Å². The van der Waals surface area contributed by atoms with Gasteiger partial charge in [-0.2, -0.15) is 0 Å². The fourth-order valence-electron chi connectivity index (χ4n) is 2.13. The predicted molar refractivity (Wildman–Crippen MR) is 82.9 cm³/mol. The molecule has 0 amide bonds. The van der Waals surface area contributed by atoms with E-state index in [1.165, 1.54) is 11.3 Å². The highest BCUT2D eigenvalue weighted by Gasteiger charge is 2.09. The Morgan fingerprint density at radius 1 is 1.24 bits per heavy atom. The van der Waals surface area contributed by atoms with Crippen LogP contribution in [0.25, 0.3) is 20.8 Å². The lowest BCUT2D eigenvalue weighted by Crippen LogP contribution is -2.00. The largest absolute Gasteiger partial charge is 0.508 e. The lowest BCUT2D eigenvalue weighted by molar-refractivity contribution is 0.272. The molecular weight excluding hydrogens is 289 g/mol. The Hall–Kier alpha value is -2.14. The fourth-order valence-corrected chi connectivity index (χ4v) is 3.12. The summed E-state index contributed by atoms with van der Waals surface area (Å²) in [4.78, 5) is 4.56. The maximum atomic E-state index is 12.2. The zero-order valence-electron chi connectivity index (χ0n) is 11.5. The number of aryl methyl sites for hydroxylation is 1. The summed E-state index contributed by atoms with van der Waals surface area (Å²) < 4.78 is 18.4. The van der Waals surface area contributed by atoms with Crippen molar-refractivity contribution >= 4 is 21.6 Å². The van der Waals surface area contributed by atoms with E-state index in [2.05, 4.69) is 4.98 Å². The highest BCUT2D eigenvalue weighted by molar-refractivity contribution is 7.21. The lowest BCUT2D eigenvalue weighted by Gasteiger charge is -2.08. The summed E-state index contributed by atoms with van der Waals surface area (Å²) >= 11 is 1.53. The van der Waals surface area contributed by atoms with Crippen LogP contribution in [0.5, 0.6) is 11.5 Å². The molecule has 1 N–H and O–H groups in total. The molecule has 0 bridgehead atoms. The maximum absolute atomic E-state index is 12.2. The third kappa shape index (κ3) is 2.83. The van der Waals surface area contributed by atoms with Crippen LogP contribution in [-0.2, 0) is 0 Å². The number of halogens is 1. The van der Waals surface area contributed by atoms with Crippen LogP contribution < -0.4 is 4.74 Å². The summed E-state index contributed by atoms with van der Waals surface area (Å²) in [6.07, 6.45) is 0. The number of alkyl halides is 1. The van der Waals surface area contributed by atoms with Crippen molar-refractivity contribution in [3.05, 3.63) is 42.0 Å². The molecule has 2 aromatic carbocycles. The quantitative estimate of drug-likeness (QED) is 0.780. The van der Waals surface area contributed by atoms with E-state index < -0.39 is 6.67 Å². The van der Waals surface area contributed by atoms with Gasteiger partial charge in [-0.15, -0.1) is 11.3 Å². The van der Waals surface area contributed by atoms with E-state index in [9.17, 15) is 9.50 Å². The SMILES string of the molecule is Cc1cc(-c2nc3ccc(O)cc3s2)ccc1OCCF. The van der Waals surface area contributed by atoms with Crippen molar-refractivity contribution in [2.45, 2.75) is 6.92 Å². The van der Waals surface area contributed by atoms with E-state index in [1.54, 1.807) is 18.2 Å². The van der Waals surface area contributed by atoms with Gasteiger partial charge in [-0.25, -0.2) is 9.37 Å².